The van der Waals surface area contributed by atoms with Crippen LogP contribution >= 0.6 is 0 Å². The fourth-order valence-electron chi connectivity index (χ4n) is 4.88. The van der Waals surface area contributed by atoms with Gasteiger partial charge in [0.1, 0.15) is 18.5 Å². The van der Waals surface area contributed by atoms with Gasteiger partial charge in [-0.1, -0.05) is 114 Å². The molecule has 1 unspecified atom stereocenters. The second kappa shape index (κ2) is 19.0. The number of unbranched alkanes of at least 4 members (excludes halogenated alkanes) is 10. The van der Waals surface area contributed by atoms with Crippen LogP contribution in [0.2, 0.25) is 0 Å². The lowest BCUT2D eigenvalue weighted by atomic mass is 10.0. The topological polar surface area (TPSA) is 61.3 Å². The Bertz CT molecular complexity index is 1110. The smallest absolute Gasteiger partial charge is 0.306 e. The van der Waals surface area contributed by atoms with E-state index >= 15 is 0 Å². The van der Waals surface area contributed by atoms with Crippen LogP contribution in [0, 0.1) is 0 Å². The van der Waals surface area contributed by atoms with E-state index in [2.05, 4.69) is 48.1 Å². The van der Waals surface area contributed by atoms with Gasteiger partial charge in [-0.15, -0.1) is 0 Å². The highest BCUT2D eigenvalue weighted by atomic mass is 16.6. The lowest BCUT2D eigenvalue weighted by Gasteiger charge is -2.14. The van der Waals surface area contributed by atoms with E-state index in [1.54, 1.807) is 0 Å². The quantitative estimate of drug-likeness (QED) is 0.102. The number of aryl methyl sites for hydroxylation is 1. The summed E-state index contributed by atoms with van der Waals surface area (Å²) in [5, 5.41) is 0. The van der Waals surface area contributed by atoms with E-state index in [4.69, 9.17) is 9.47 Å². The molecule has 0 N–H and O–H groups in total. The zero-order chi connectivity index (χ0) is 29.1. The Hall–Kier alpha value is -3.21. The standard InChI is InChI=1S/C36H50N2O3/c1-4-6-8-9-10-11-12-13-15-16-30-18-20-32(21-19-30)36-37-26-33(27-38-36)31-22-24-34(25-23-31)40-28-29(3)41-35(39)17-14-7-5-2/h18-27,29H,4-17,28H2,1-3H3. The number of rotatable bonds is 20. The predicted molar refractivity (Wildman–Crippen MR) is 169 cm³/mol. The minimum Gasteiger partial charge on any atom is -0.490 e. The van der Waals surface area contributed by atoms with Gasteiger partial charge >= 0.3 is 5.97 Å². The second-order valence-corrected chi connectivity index (χ2v) is 11.2. The molecule has 5 heteroatoms. The molecule has 0 radical (unpaired) electrons. The maximum absolute atomic E-state index is 11.9. The molecule has 0 spiro atoms. The van der Waals surface area contributed by atoms with Crippen LogP contribution in [-0.4, -0.2) is 28.6 Å². The summed E-state index contributed by atoms with van der Waals surface area (Å²) in [7, 11) is 0. The molecular formula is C36H50N2O3. The third kappa shape index (κ3) is 12.5. The van der Waals surface area contributed by atoms with E-state index in [-0.39, 0.29) is 12.1 Å². The first-order valence-electron chi connectivity index (χ1n) is 15.9. The third-order valence-electron chi connectivity index (χ3n) is 7.42. The van der Waals surface area contributed by atoms with Gasteiger partial charge in [-0.25, -0.2) is 9.97 Å². The van der Waals surface area contributed by atoms with Gasteiger partial charge in [0.2, 0.25) is 0 Å². The highest BCUT2D eigenvalue weighted by Crippen LogP contribution is 2.24. The Labute approximate surface area is 248 Å². The van der Waals surface area contributed by atoms with Crippen LogP contribution in [-0.2, 0) is 16.0 Å². The van der Waals surface area contributed by atoms with Crippen LogP contribution in [0.1, 0.15) is 110 Å². The van der Waals surface area contributed by atoms with E-state index in [1.165, 1.54) is 63.4 Å². The number of benzene rings is 2. The van der Waals surface area contributed by atoms with Crippen molar-refractivity contribution < 1.29 is 14.3 Å². The van der Waals surface area contributed by atoms with E-state index in [9.17, 15) is 4.79 Å². The van der Waals surface area contributed by atoms with Crippen LogP contribution in [0.15, 0.2) is 60.9 Å². The van der Waals surface area contributed by atoms with Gasteiger partial charge in [0.15, 0.2) is 5.82 Å². The molecule has 3 rings (SSSR count). The molecule has 0 aliphatic rings. The van der Waals surface area contributed by atoms with Crippen molar-refractivity contribution in [3.63, 3.8) is 0 Å². The molecule has 0 fully saturated rings. The monoisotopic (exact) mass is 558 g/mol. The summed E-state index contributed by atoms with van der Waals surface area (Å²) in [6, 6.07) is 16.5. The number of aromatic nitrogens is 2. The fourth-order valence-corrected chi connectivity index (χ4v) is 4.88. The Morgan fingerprint density at radius 2 is 1.24 bits per heavy atom. The van der Waals surface area contributed by atoms with Crippen LogP contribution < -0.4 is 4.74 Å². The summed E-state index contributed by atoms with van der Waals surface area (Å²) in [6.07, 6.45) is 20.3. The first-order chi connectivity index (χ1) is 20.1. The molecule has 0 amide bonds. The molecule has 3 aromatic rings. The Balaban J connectivity index is 1.39. The molecule has 1 atom stereocenters. The summed E-state index contributed by atoms with van der Waals surface area (Å²) in [6.45, 7) is 6.58. The van der Waals surface area contributed by atoms with Crippen molar-refractivity contribution in [1.29, 1.82) is 0 Å². The van der Waals surface area contributed by atoms with Crippen molar-refractivity contribution >= 4 is 5.97 Å². The van der Waals surface area contributed by atoms with Gasteiger partial charge in [-0.05, 0) is 49.4 Å². The molecule has 0 aliphatic heterocycles. The summed E-state index contributed by atoms with van der Waals surface area (Å²) in [5.41, 5.74) is 4.40. The lowest BCUT2D eigenvalue weighted by molar-refractivity contribution is -0.149. The number of hydrogen-bond donors (Lipinski definition) is 0. The van der Waals surface area contributed by atoms with Gasteiger partial charge in [-0.2, -0.15) is 0 Å². The van der Waals surface area contributed by atoms with E-state index in [1.807, 2.05) is 43.6 Å². The minimum atomic E-state index is -0.284. The van der Waals surface area contributed by atoms with E-state index in [0.29, 0.717) is 13.0 Å². The maximum atomic E-state index is 11.9. The van der Waals surface area contributed by atoms with Gasteiger partial charge in [-0.3, -0.25) is 4.79 Å². The molecule has 0 saturated heterocycles. The normalized spacial score (nSPS) is 11.8. The Morgan fingerprint density at radius 1 is 0.683 bits per heavy atom. The van der Waals surface area contributed by atoms with Gasteiger partial charge < -0.3 is 9.47 Å². The highest BCUT2D eigenvalue weighted by molar-refractivity contribution is 5.69. The Morgan fingerprint density at radius 3 is 1.88 bits per heavy atom. The van der Waals surface area contributed by atoms with Crippen molar-refractivity contribution in [2.24, 2.45) is 0 Å². The lowest BCUT2D eigenvalue weighted by Crippen LogP contribution is -2.21. The molecule has 5 nitrogen and oxygen atoms in total. The molecule has 2 aromatic carbocycles. The highest BCUT2D eigenvalue weighted by Gasteiger charge is 2.10. The number of nitrogens with zero attached hydrogens (tertiary/aromatic N) is 2. The number of ether oxygens (including phenoxy) is 2. The largest absolute Gasteiger partial charge is 0.490 e. The number of esters is 1. The second-order valence-electron chi connectivity index (χ2n) is 11.2. The zero-order valence-corrected chi connectivity index (χ0v) is 25.6. The average molecular weight is 559 g/mol. The zero-order valence-electron chi connectivity index (χ0n) is 25.6. The molecule has 222 valence electrons. The van der Waals surface area contributed by atoms with Crippen molar-refractivity contribution in [1.82, 2.24) is 9.97 Å². The van der Waals surface area contributed by atoms with Crippen LogP contribution in [0.4, 0.5) is 0 Å². The van der Waals surface area contributed by atoms with Gasteiger partial charge in [0.25, 0.3) is 0 Å². The molecule has 1 heterocycles. The van der Waals surface area contributed by atoms with E-state index < -0.39 is 0 Å². The molecule has 41 heavy (non-hydrogen) atoms. The minimum absolute atomic E-state index is 0.154. The Kier molecular flexibility index (Phi) is 15.0. The van der Waals surface area contributed by atoms with Crippen molar-refractivity contribution in [3.05, 3.63) is 66.5 Å². The predicted octanol–water partition coefficient (Wildman–Crippen LogP) is 9.77. The first-order valence-corrected chi connectivity index (χ1v) is 15.9. The van der Waals surface area contributed by atoms with Crippen molar-refractivity contribution in [2.45, 2.75) is 117 Å². The summed E-state index contributed by atoms with van der Waals surface area (Å²) in [5.74, 6) is 1.32. The van der Waals surface area contributed by atoms with Crippen molar-refractivity contribution in [2.75, 3.05) is 6.61 Å². The van der Waals surface area contributed by atoms with E-state index in [0.717, 1.165) is 53.9 Å². The van der Waals surface area contributed by atoms with Crippen molar-refractivity contribution in [3.8, 4) is 28.3 Å². The number of carbonyl (C=O) groups is 1. The third-order valence-corrected chi connectivity index (χ3v) is 7.42. The van der Waals surface area contributed by atoms with Crippen LogP contribution in [0.5, 0.6) is 5.75 Å². The maximum Gasteiger partial charge on any atom is 0.306 e. The summed E-state index contributed by atoms with van der Waals surface area (Å²) < 4.78 is 11.2. The van der Waals surface area contributed by atoms with Gasteiger partial charge in [0.05, 0.1) is 0 Å². The SMILES string of the molecule is CCCCCCCCCCCc1ccc(-c2ncc(-c3ccc(OCC(C)OC(=O)CCCCC)cc3)cn2)cc1. The number of hydrogen-bond acceptors (Lipinski definition) is 5. The number of carbonyl (C=O) groups excluding carboxylic acids is 1. The van der Waals surface area contributed by atoms with Crippen LogP contribution in [0.25, 0.3) is 22.5 Å². The fraction of sp³-hybridized carbons (Fsp3) is 0.528. The molecule has 0 aliphatic carbocycles. The molecule has 0 bridgehead atoms. The molecular weight excluding hydrogens is 508 g/mol. The molecule has 0 saturated carbocycles. The average Bonchev–Trinajstić information content (AvgIpc) is 3.00. The van der Waals surface area contributed by atoms with Gasteiger partial charge in [0, 0.05) is 29.9 Å². The van der Waals surface area contributed by atoms with Crippen LogP contribution in [0.3, 0.4) is 0 Å². The summed E-state index contributed by atoms with van der Waals surface area (Å²) in [4.78, 5) is 21.1. The first kappa shape index (κ1) is 32.3. The summed E-state index contributed by atoms with van der Waals surface area (Å²) >= 11 is 0. The molecule has 1 aromatic heterocycles.